The SMILES string of the molecule is Clc1sc(Cl)c(C2CCCCCCCS2)c1Br. The molecule has 5 heteroatoms. The first-order valence-corrected chi connectivity index (χ1v) is 9.36. The fourth-order valence-corrected chi connectivity index (χ4v) is 6.40. The van der Waals surface area contributed by atoms with Gasteiger partial charge in [0.05, 0.1) is 8.81 Å². The molecule has 0 radical (unpaired) electrons. The van der Waals surface area contributed by atoms with E-state index in [1.54, 1.807) is 0 Å². The lowest BCUT2D eigenvalue weighted by molar-refractivity contribution is 0.615. The Morgan fingerprint density at radius 2 is 1.71 bits per heavy atom. The Bertz CT molecular complexity index is 369. The van der Waals surface area contributed by atoms with Crippen molar-refractivity contribution in [2.45, 2.75) is 43.8 Å². The lowest BCUT2D eigenvalue weighted by Gasteiger charge is -2.15. The summed E-state index contributed by atoms with van der Waals surface area (Å²) in [6.45, 7) is 0. The molecule has 0 nitrogen and oxygen atoms in total. The average molecular weight is 374 g/mol. The first-order valence-electron chi connectivity index (χ1n) is 5.95. The maximum absolute atomic E-state index is 6.31. The van der Waals surface area contributed by atoms with E-state index in [0.29, 0.717) is 5.25 Å². The Morgan fingerprint density at radius 1 is 1.00 bits per heavy atom. The zero-order valence-corrected chi connectivity index (χ0v) is 14.2. The molecule has 0 saturated carbocycles. The maximum atomic E-state index is 6.31. The van der Waals surface area contributed by atoms with E-state index in [-0.39, 0.29) is 0 Å². The molecule has 0 amide bonds. The number of rotatable bonds is 1. The highest BCUT2D eigenvalue weighted by atomic mass is 79.9. The van der Waals surface area contributed by atoms with Gasteiger partial charge < -0.3 is 0 Å². The van der Waals surface area contributed by atoms with E-state index in [4.69, 9.17) is 23.2 Å². The summed E-state index contributed by atoms with van der Waals surface area (Å²) in [7, 11) is 0. The van der Waals surface area contributed by atoms with Crippen LogP contribution in [0.3, 0.4) is 0 Å². The van der Waals surface area contributed by atoms with E-state index in [0.717, 1.165) is 13.1 Å². The molecule has 1 aliphatic heterocycles. The van der Waals surface area contributed by atoms with Gasteiger partial charge >= 0.3 is 0 Å². The van der Waals surface area contributed by atoms with Gasteiger partial charge in [-0.25, -0.2) is 0 Å². The van der Waals surface area contributed by atoms with Crippen LogP contribution in [0.15, 0.2) is 4.47 Å². The van der Waals surface area contributed by atoms with Gasteiger partial charge in [0, 0.05) is 10.8 Å². The monoisotopic (exact) mass is 372 g/mol. The highest BCUT2D eigenvalue weighted by Crippen LogP contribution is 2.49. The fraction of sp³-hybridized carbons (Fsp3) is 0.667. The third-order valence-electron chi connectivity index (χ3n) is 3.05. The minimum absolute atomic E-state index is 0.513. The van der Waals surface area contributed by atoms with E-state index in [9.17, 15) is 0 Å². The molecule has 0 aliphatic carbocycles. The van der Waals surface area contributed by atoms with Gasteiger partial charge in [-0.3, -0.25) is 0 Å². The van der Waals surface area contributed by atoms with Crippen LogP contribution in [0.2, 0.25) is 8.67 Å². The lowest BCUT2D eigenvalue weighted by atomic mass is 10.1. The van der Waals surface area contributed by atoms with Gasteiger partial charge in [0.15, 0.2) is 0 Å². The summed E-state index contributed by atoms with van der Waals surface area (Å²) in [5.41, 5.74) is 1.23. The zero-order valence-electron chi connectivity index (χ0n) is 9.48. The Labute approximate surface area is 130 Å². The van der Waals surface area contributed by atoms with Crippen LogP contribution in [0.4, 0.5) is 0 Å². The third-order valence-corrected chi connectivity index (χ3v) is 7.40. The van der Waals surface area contributed by atoms with Crippen molar-refractivity contribution in [3.05, 3.63) is 18.7 Å². The normalized spacial score (nSPS) is 22.9. The Kier molecular flexibility index (Phi) is 6.01. The second kappa shape index (κ2) is 7.04. The summed E-state index contributed by atoms with van der Waals surface area (Å²) >= 11 is 19.5. The predicted molar refractivity (Wildman–Crippen MR) is 84.9 cm³/mol. The van der Waals surface area contributed by atoms with Crippen LogP contribution in [0, 0.1) is 0 Å². The topological polar surface area (TPSA) is 0 Å². The van der Waals surface area contributed by atoms with Crippen molar-refractivity contribution in [2.75, 3.05) is 5.75 Å². The number of thiophene rings is 1. The summed E-state index contributed by atoms with van der Waals surface area (Å²) in [5.74, 6) is 1.24. The van der Waals surface area contributed by atoms with Crippen LogP contribution in [-0.2, 0) is 0 Å². The summed E-state index contributed by atoms with van der Waals surface area (Å²) in [6.07, 6.45) is 7.95. The van der Waals surface area contributed by atoms with Gasteiger partial charge in [0.25, 0.3) is 0 Å². The van der Waals surface area contributed by atoms with E-state index in [1.165, 1.54) is 61.2 Å². The second-order valence-corrected chi connectivity index (χ2v) is 8.62. The molecule has 1 aromatic heterocycles. The fourth-order valence-electron chi connectivity index (χ4n) is 2.14. The van der Waals surface area contributed by atoms with E-state index in [2.05, 4.69) is 15.9 Å². The molecule has 2 rings (SSSR count). The van der Waals surface area contributed by atoms with E-state index >= 15 is 0 Å². The second-order valence-electron chi connectivity index (χ2n) is 4.29. The van der Waals surface area contributed by atoms with Crippen molar-refractivity contribution in [2.24, 2.45) is 0 Å². The third kappa shape index (κ3) is 3.79. The molecule has 1 aliphatic rings. The molecule has 0 bridgehead atoms. The van der Waals surface area contributed by atoms with Gasteiger partial charge in [-0.15, -0.1) is 11.3 Å². The van der Waals surface area contributed by atoms with Crippen molar-refractivity contribution < 1.29 is 0 Å². The molecule has 1 atom stereocenters. The highest BCUT2D eigenvalue weighted by molar-refractivity contribution is 9.10. The van der Waals surface area contributed by atoms with Crippen molar-refractivity contribution in [3.63, 3.8) is 0 Å². The van der Waals surface area contributed by atoms with Gasteiger partial charge in [-0.1, -0.05) is 48.9 Å². The van der Waals surface area contributed by atoms with Gasteiger partial charge in [0.1, 0.15) is 4.34 Å². The quantitative estimate of drug-likeness (QED) is 0.513. The average Bonchev–Trinajstić information content (AvgIpc) is 2.62. The summed E-state index contributed by atoms with van der Waals surface area (Å²) in [6, 6.07) is 0. The molecule has 1 saturated heterocycles. The van der Waals surface area contributed by atoms with Crippen LogP contribution < -0.4 is 0 Å². The van der Waals surface area contributed by atoms with Gasteiger partial charge in [-0.05, 0) is 34.5 Å². The summed E-state index contributed by atoms with van der Waals surface area (Å²) < 4.78 is 2.66. The maximum Gasteiger partial charge on any atom is 0.109 e. The van der Waals surface area contributed by atoms with E-state index < -0.39 is 0 Å². The molecule has 17 heavy (non-hydrogen) atoms. The molecule has 1 fully saturated rings. The minimum Gasteiger partial charge on any atom is -0.154 e. The van der Waals surface area contributed by atoms with Crippen LogP contribution in [0.1, 0.15) is 49.3 Å². The summed E-state index contributed by atoms with van der Waals surface area (Å²) in [4.78, 5) is 0. The van der Waals surface area contributed by atoms with Crippen LogP contribution in [-0.4, -0.2) is 5.75 Å². The molecule has 0 spiro atoms. The molecule has 1 aromatic rings. The van der Waals surface area contributed by atoms with Crippen molar-refractivity contribution in [3.8, 4) is 0 Å². The van der Waals surface area contributed by atoms with Gasteiger partial charge in [-0.2, -0.15) is 11.8 Å². The number of thioether (sulfide) groups is 1. The first kappa shape index (κ1) is 14.5. The number of halogens is 3. The smallest absolute Gasteiger partial charge is 0.109 e. The number of hydrogen-bond donors (Lipinski definition) is 0. The van der Waals surface area contributed by atoms with Crippen LogP contribution in [0.5, 0.6) is 0 Å². The first-order chi connectivity index (χ1) is 8.20. The minimum atomic E-state index is 0.513. The zero-order chi connectivity index (χ0) is 12.3. The lowest BCUT2D eigenvalue weighted by Crippen LogP contribution is -1.95. The van der Waals surface area contributed by atoms with E-state index in [1.807, 2.05) is 11.8 Å². The number of hydrogen-bond acceptors (Lipinski definition) is 2. The van der Waals surface area contributed by atoms with Gasteiger partial charge in [0.2, 0.25) is 0 Å². The predicted octanol–water partition coefficient (Wildman–Crippen LogP) is 6.95. The molecule has 0 N–H and O–H groups in total. The summed E-state index contributed by atoms with van der Waals surface area (Å²) in [5, 5.41) is 0.513. The Morgan fingerprint density at radius 3 is 2.41 bits per heavy atom. The highest BCUT2D eigenvalue weighted by Gasteiger charge is 2.23. The van der Waals surface area contributed by atoms with Crippen LogP contribution in [0.25, 0.3) is 0 Å². The Balaban J connectivity index is 2.17. The molecule has 1 unspecified atom stereocenters. The van der Waals surface area contributed by atoms with Crippen LogP contribution >= 0.6 is 62.2 Å². The standard InChI is InChI=1S/C12H15BrCl2S2/c13-10-9(11(14)17-12(10)15)8-6-4-2-1-3-5-7-16-8/h8H,1-7H2. The molecular formula is C12H15BrCl2S2. The van der Waals surface area contributed by atoms with Crippen molar-refractivity contribution in [1.29, 1.82) is 0 Å². The molecular weight excluding hydrogens is 359 g/mol. The largest absolute Gasteiger partial charge is 0.154 e. The van der Waals surface area contributed by atoms with Crippen molar-refractivity contribution in [1.82, 2.24) is 0 Å². The molecule has 96 valence electrons. The Hall–Kier alpha value is 1.11. The molecule has 2 heterocycles. The molecule has 0 aromatic carbocycles. The van der Waals surface area contributed by atoms with Crippen molar-refractivity contribution >= 4 is 62.2 Å².